The number of hydrogen-bond acceptors (Lipinski definition) is 3. The van der Waals surface area contributed by atoms with Crippen LogP contribution in [0.15, 0.2) is 18.2 Å². The molecule has 0 aromatic heterocycles. The van der Waals surface area contributed by atoms with Gasteiger partial charge in [0.1, 0.15) is 5.75 Å². The smallest absolute Gasteiger partial charge is 0.283 e. The fourth-order valence-corrected chi connectivity index (χ4v) is 1.86. The molecule has 0 unspecified atom stereocenters. The summed E-state index contributed by atoms with van der Waals surface area (Å²) in [5, 5.41) is 2.01. The molecule has 1 fully saturated rings. The zero-order valence-corrected chi connectivity index (χ0v) is 10.4. The molecule has 92 valence electrons. The Kier molecular flexibility index (Phi) is 3.86. The summed E-state index contributed by atoms with van der Waals surface area (Å²) in [7, 11) is 0. The molecular weight excluding hydrogens is 242 g/mol. The van der Waals surface area contributed by atoms with Crippen molar-refractivity contribution in [2.75, 3.05) is 19.8 Å². The minimum absolute atomic E-state index is 0.0114. The van der Waals surface area contributed by atoms with Gasteiger partial charge in [-0.3, -0.25) is 9.63 Å². The van der Waals surface area contributed by atoms with Crippen LogP contribution in [-0.4, -0.2) is 30.7 Å². The number of carbonyl (C=O) groups is 1. The molecule has 1 aliphatic heterocycles. The highest BCUT2D eigenvalue weighted by atomic mass is 35.5. The van der Waals surface area contributed by atoms with Gasteiger partial charge in [0, 0.05) is 5.02 Å². The molecule has 2 rings (SSSR count). The van der Waals surface area contributed by atoms with Gasteiger partial charge in [-0.25, -0.2) is 5.06 Å². The molecule has 17 heavy (non-hydrogen) atoms. The molecule has 1 aromatic rings. The van der Waals surface area contributed by atoms with E-state index in [0.29, 0.717) is 23.9 Å². The topological polar surface area (TPSA) is 38.8 Å². The highest BCUT2D eigenvalue weighted by Crippen LogP contribution is 2.21. The second-order valence-corrected chi connectivity index (χ2v) is 4.32. The van der Waals surface area contributed by atoms with E-state index in [1.54, 1.807) is 18.2 Å². The number of amides is 1. The number of benzene rings is 1. The lowest BCUT2D eigenvalue weighted by atomic mass is 10.2. The standard InChI is InChI=1S/C12H14ClNO3/c1-9-7-10(13)3-4-11(9)16-8-12(15)14-5-2-6-17-14/h3-4,7H,2,5-6,8H2,1H3. The van der Waals surface area contributed by atoms with E-state index in [9.17, 15) is 4.79 Å². The van der Waals surface area contributed by atoms with Gasteiger partial charge in [-0.2, -0.15) is 0 Å². The Morgan fingerprint density at radius 3 is 3.06 bits per heavy atom. The summed E-state index contributed by atoms with van der Waals surface area (Å²) in [6.07, 6.45) is 0.881. The van der Waals surface area contributed by atoms with Crippen molar-refractivity contribution in [2.24, 2.45) is 0 Å². The van der Waals surface area contributed by atoms with Crippen LogP contribution < -0.4 is 4.74 Å². The zero-order valence-electron chi connectivity index (χ0n) is 9.61. The van der Waals surface area contributed by atoms with Crippen LogP contribution in [0.5, 0.6) is 5.75 Å². The summed E-state index contributed by atoms with van der Waals surface area (Å²) < 4.78 is 5.44. The first-order chi connectivity index (χ1) is 8.16. The SMILES string of the molecule is Cc1cc(Cl)ccc1OCC(=O)N1CCCO1. The number of ether oxygens (including phenoxy) is 1. The summed E-state index contributed by atoms with van der Waals surface area (Å²) in [5.74, 6) is 0.513. The quantitative estimate of drug-likeness (QED) is 0.831. The van der Waals surface area contributed by atoms with Gasteiger partial charge < -0.3 is 4.74 Å². The molecule has 0 radical (unpaired) electrons. The fraction of sp³-hybridized carbons (Fsp3) is 0.417. The fourth-order valence-electron chi connectivity index (χ4n) is 1.63. The molecule has 0 bridgehead atoms. The molecule has 5 heteroatoms. The number of nitrogens with zero attached hydrogens (tertiary/aromatic N) is 1. The molecule has 1 aromatic carbocycles. The van der Waals surface area contributed by atoms with E-state index >= 15 is 0 Å². The normalized spacial score (nSPS) is 15.1. The van der Waals surface area contributed by atoms with Gasteiger partial charge >= 0.3 is 0 Å². The largest absolute Gasteiger partial charge is 0.483 e. The average Bonchev–Trinajstić information content (AvgIpc) is 2.81. The highest BCUT2D eigenvalue weighted by molar-refractivity contribution is 6.30. The monoisotopic (exact) mass is 255 g/mol. The molecule has 0 aliphatic carbocycles. The van der Waals surface area contributed by atoms with Crippen molar-refractivity contribution in [2.45, 2.75) is 13.3 Å². The summed E-state index contributed by atoms with van der Waals surface area (Å²) in [4.78, 5) is 16.8. The summed E-state index contributed by atoms with van der Waals surface area (Å²) in [6.45, 7) is 3.12. The Morgan fingerprint density at radius 2 is 2.41 bits per heavy atom. The molecule has 0 spiro atoms. The van der Waals surface area contributed by atoms with Gasteiger partial charge in [0.2, 0.25) is 0 Å². The van der Waals surface area contributed by atoms with Gasteiger partial charge in [0.25, 0.3) is 5.91 Å². The molecule has 0 atom stereocenters. The number of rotatable bonds is 3. The van der Waals surface area contributed by atoms with Crippen LogP contribution in [0.25, 0.3) is 0 Å². The van der Waals surface area contributed by atoms with Crippen LogP contribution in [0.4, 0.5) is 0 Å². The van der Waals surface area contributed by atoms with E-state index < -0.39 is 0 Å². The van der Waals surface area contributed by atoms with Crippen molar-refractivity contribution in [3.63, 3.8) is 0 Å². The molecule has 0 saturated carbocycles. The van der Waals surface area contributed by atoms with E-state index in [0.717, 1.165) is 12.0 Å². The summed E-state index contributed by atoms with van der Waals surface area (Å²) in [5.41, 5.74) is 0.910. The Labute approximate surface area is 105 Å². The van der Waals surface area contributed by atoms with E-state index in [-0.39, 0.29) is 12.5 Å². The second-order valence-electron chi connectivity index (χ2n) is 3.88. The van der Waals surface area contributed by atoms with Crippen LogP contribution >= 0.6 is 11.6 Å². The maximum Gasteiger partial charge on any atom is 0.283 e. The first-order valence-corrected chi connectivity index (χ1v) is 5.87. The van der Waals surface area contributed by atoms with Gasteiger partial charge in [-0.15, -0.1) is 0 Å². The molecule has 1 amide bonds. The van der Waals surface area contributed by atoms with Crippen molar-refractivity contribution >= 4 is 17.5 Å². The van der Waals surface area contributed by atoms with Crippen molar-refractivity contribution in [1.29, 1.82) is 0 Å². The van der Waals surface area contributed by atoms with E-state index in [4.69, 9.17) is 21.2 Å². The summed E-state index contributed by atoms with van der Waals surface area (Å²) in [6, 6.07) is 5.30. The number of halogens is 1. The minimum Gasteiger partial charge on any atom is -0.483 e. The lowest BCUT2D eigenvalue weighted by Crippen LogP contribution is -2.31. The van der Waals surface area contributed by atoms with Crippen LogP contribution in [0.2, 0.25) is 5.02 Å². The van der Waals surface area contributed by atoms with E-state index in [1.807, 2.05) is 6.92 Å². The van der Waals surface area contributed by atoms with Crippen molar-refractivity contribution in [3.8, 4) is 5.75 Å². The lowest BCUT2D eigenvalue weighted by molar-refractivity contribution is -0.170. The third kappa shape index (κ3) is 3.11. The first kappa shape index (κ1) is 12.2. The maximum atomic E-state index is 11.6. The van der Waals surface area contributed by atoms with Crippen LogP contribution in [-0.2, 0) is 9.63 Å². The Morgan fingerprint density at radius 1 is 1.59 bits per heavy atom. The zero-order chi connectivity index (χ0) is 12.3. The minimum atomic E-state index is -0.156. The van der Waals surface area contributed by atoms with Crippen molar-refractivity contribution < 1.29 is 14.4 Å². The van der Waals surface area contributed by atoms with Crippen LogP contribution in [0, 0.1) is 6.92 Å². The maximum absolute atomic E-state index is 11.6. The van der Waals surface area contributed by atoms with Gasteiger partial charge in [0.05, 0.1) is 13.2 Å². The predicted octanol–water partition coefficient (Wildman–Crippen LogP) is 2.19. The molecule has 1 saturated heterocycles. The molecule has 4 nitrogen and oxygen atoms in total. The van der Waals surface area contributed by atoms with Gasteiger partial charge in [-0.1, -0.05) is 11.6 Å². The molecule has 1 aliphatic rings. The highest BCUT2D eigenvalue weighted by Gasteiger charge is 2.19. The van der Waals surface area contributed by atoms with Crippen molar-refractivity contribution in [3.05, 3.63) is 28.8 Å². The number of hydrogen-bond donors (Lipinski definition) is 0. The van der Waals surface area contributed by atoms with Gasteiger partial charge in [0.15, 0.2) is 6.61 Å². The third-order valence-corrected chi connectivity index (χ3v) is 2.75. The average molecular weight is 256 g/mol. The molecule has 0 N–H and O–H groups in total. The predicted molar refractivity (Wildman–Crippen MR) is 64.0 cm³/mol. The molecular formula is C12H14ClNO3. The van der Waals surface area contributed by atoms with Crippen LogP contribution in [0.3, 0.4) is 0 Å². The Balaban J connectivity index is 1.90. The van der Waals surface area contributed by atoms with E-state index in [1.165, 1.54) is 5.06 Å². The molecule has 1 heterocycles. The number of carbonyl (C=O) groups excluding carboxylic acids is 1. The van der Waals surface area contributed by atoms with Gasteiger partial charge in [-0.05, 0) is 37.1 Å². The summed E-state index contributed by atoms with van der Waals surface area (Å²) >= 11 is 5.83. The second kappa shape index (κ2) is 5.38. The number of aryl methyl sites for hydroxylation is 1. The Bertz CT molecular complexity index is 416. The van der Waals surface area contributed by atoms with Crippen molar-refractivity contribution in [1.82, 2.24) is 5.06 Å². The number of hydroxylamine groups is 2. The van der Waals surface area contributed by atoms with Crippen LogP contribution in [0.1, 0.15) is 12.0 Å². The first-order valence-electron chi connectivity index (χ1n) is 5.49. The Hall–Kier alpha value is -1.26. The third-order valence-electron chi connectivity index (χ3n) is 2.52. The lowest BCUT2D eigenvalue weighted by Gasteiger charge is -2.15. The van der Waals surface area contributed by atoms with E-state index in [2.05, 4.69) is 0 Å².